The molecule has 5 rings (SSSR count). The summed E-state index contributed by atoms with van der Waals surface area (Å²) < 4.78 is 7.46. The number of hydrogen-bond acceptors (Lipinski definition) is 4. The number of benzene rings is 2. The molecule has 0 saturated carbocycles. The Kier molecular flexibility index (Phi) is 5.07. The number of pyridine rings is 1. The van der Waals surface area contributed by atoms with Gasteiger partial charge in [0.05, 0.1) is 25.5 Å². The average Bonchev–Trinajstić information content (AvgIpc) is 3.27. The van der Waals surface area contributed by atoms with Crippen molar-refractivity contribution in [2.45, 2.75) is 6.54 Å². The SMILES string of the molecule is c1cc(-c2ccn(CCN3CCOCC3)n2)cc(-c2cncc3ccccc23)c1. The van der Waals surface area contributed by atoms with Gasteiger partial charge in [0.25, 0.3) is 0 Å². The van der Waals surface area contributed by atoms with Crippen LogP contribution in [0.4, 0.5) is 0 Å². The molecule has 0 amide bonds. The zero-order chi connectivity index (χ0) is 19.5. The standard InChI is InChI=1S/C24H24N4O/c1-2-7-22-21(4-1)17-25-18-23(22)19-5-3-6-20(16-19)24-8-9-28(26-24)11-10-27-12-14-29-15-13-27/h1-9,16-18H,10-15H2. The van der Waals surface area contributed by atoms with Crippen molar-refractivity contribution in [3.8, 4) is 22.4 Å². The molecule has 5 nitrogen and oxygen atoms in total. The largest absolute Gasteiger partial charge is 0.379 e. The zero-order valence-corrected chi connectivity index (χ0v) is 16.4. The number of aromatic nitrogens is 3. The first kappa shape index (κ1) is 18.0. The van der Waals surface area contributed by atoms with E-state index in [4.69, 9.17) is 9.84 Å². The molecule has 1 aliphatic heterocycles. The lowest BCUT2D eigenvalue weighted by Crippen LogP contribution is -2.38. The summed E-state index contributed by atoms with van der Waals surface area (Å²) in [6.45, 7) is 5.59. The Hall–Kier alpha value is -3.02. The van der Waals surface area contributed by atoms with E-state index in [0.29, 0.717) is 0 Å². The minimum atomic E-state index is 0.834. The van der Waals surface area contributed by atoms with Crippen LogP contribution < -0.4 is 0 Å². The zero-order valence-electron chi connectivity index (χ0n) is 16.4. The maximum absolute atomic E-state index is 5.42. The number of ether oxygens (including phenoxy) is 1. The fourth-order valence-corrected chi connectivity index (χ4v) is 3.90. The molecule has 2 aromatic carbocycles. The van der Waals surface area contributed by atoms with Crippen molar-refractivity contribution >= 4 is 10.8 Å². The maximum Gasteiger partial charge on any atom is 0.0923 e. The van der Waals surface area contributed by atoms with Crippen LogP contribution in [0.25, 0.3) is 33.2 Å². The van der Waals surface area contributed by atoms with Crippen LogP contribution in [-0.4, -0.2) is 52.5 Å². The molecule has 0 aliphatic carbocycles. The van der Waals surface area contributed by atoms with Crippen LogP contribution in [-0.2, 0) is 11.3 Å². The van der Waals surface area contributed by atoms with Gasteiger partial charge >= 0.3 is 0 Å². The van der Waals surface area contributed by atoms with Crippen molar-refractivity contribution in [1.29, 1.82) is 0 Å². The van der Waals surface area contributed by atoms with E-state index in [-0.39, 0.29) is 0 Å². The quantitative estimate of drug-likeness (QED) is 0.520. The summed E-state index contributed by atoms with van der Waals surface area (Å²) in [6.07, 6.45) is 5.93. The van der Waals surface area contributed by atoms with Crippen LogP contribution in [0.15, 0.2) is 73.2 Å². The summed E-state index contributed by atoms with van der Waals surface area (Å²) in [5, 5.41) is 7.18. The molecule has 1 aliphatic rings. The molecule has 1 fully saturated rings. The first-order valence-electron chi connectivity index (χ1n) is 10.1. The van der Waals surface area contributed by atoms with Gasteiger partial charge in [0, 0.05) is 54.7 Å². The predicted molar refractivity (Wildman–Crippen MR) is 116 cm³/mol. The van der Waals surface area contributed by atoms with Crippen LogP contribution in [0.5, 0.6) is 0 Å². The molecule has 0 unspecified atom stereocenters. The molecular formula is C24H24N4O. The Morgan fingerprint density at radius 3 is 2.66 bits per heavy atom. The van der Waals surface area contributed by atoms with Crippen LogP contribution in [0.1, 0.15) is 0 Å². The van der Waals surface area contributed by atoms with Gasteiger partial charge in [0.1, 0.15) is 0 Å². The first-order valence-corrected chi connectivity index (χ1v) is 10.1. The van der Waals surface area contributed by atoms with Crippen molar-refractivity contribution in [2.24, 2.45) is 0 Å². The van der Waals surface area contributed by atoms with Gasteiger partial charge < -0.3 is 4.74 Å². The predicted octanol–water partition coefficient (Wildman–Crippen LogP) is 4.10. The Morgan fingerprint density at radius 2 is 1.72 bits per heavy atom. The van der Waals surface area contributed by atoms with E-state index in [1.54, 1.807) is 0 Å². The molecule has 0 bridgehead atoms. The molecular weight excluding hydrogens is 360 g/mol. The average molecular weight is 384 g/mol. The lowest BCUT2D eigenvalue weighted by atomic mass is 9.99. The van der Waals surface area contributed by atoms with Crippen LogP contribution in [0.2, 0.25) is 0 Å². The lowest BCUT2D eigenvalue weighted by molar-refractivity contribution is 0.0360. The van der Waals surface area contributed by atoms with E-state index in [1.165, 1.54) is 5.39 Å². The second kappa shape index (κ2) is 8.15. The number of morpholine rings is 1. The number of rotatable bonds is 5. The summed E-state index contributed by atoms with van der Waals surface area (Å²) in [5.74, 6) is 0. The minimum Gasteiger partial charge on any atom is -0.379 e. The van der Waals surface area contributed by atoms with Crippen molar-refractivity contribution in [3.05, 3.63) is 73.2 Å². The van der Waals surface area contributed by atoms with Crippen molar-refractivity contribution in [2.75, 3.05) is 32.8 Å². The fraction of sp³-hybridized carbons (Fsp3) is 0.250. The maximum atomic E-state index is 5.42. The molecule has 1 saturated heterocycles. The third-order valence-electron chi connectivity index (χ3n) is 5.53. The Balaban J connectivity index is 1.38. The van der Waals surface area contributed by atoms with E-state index in [2.05, 4.69) is 64.6 Å². The smallest absolute Gasteiger partial charge is 0.0923 e. The monoisotopic (exact) mass is 384 g/mol. The Labute approximate surface area is 170 Å². The molecule has 29 heavy (non-hydrogen) atoms. The third-order valence-corrected chi connectivity index (χ3v) is 5.53. The van der Waals surface area contributed by atoms with Gasteiger partial charge in [-0.25, -0.2) is 0 Å². The molecule has 0 atom stereocenters. The summed E-state index contributed by atoms with van der Waals surface area (Å²) in [6, 6.07) is 19.0. The minimum absolute atomic E-state index is 0.834. The first-order chi connectivity index (χ1) is 14.4. The molecule has 4 aromatic rings. The van der Waals surface area contributed by atoms with Crippen molar-refractivity contribution in [1.82, 2.24) is 19.7 Å². The second-order valence-electron chi connectivity index (χ2n) is 7.41. The van der Waals surface area contributed by atoms with E-state index in [1.807, 2.05) is 23.1 Å². The third kappa shape index (κ3) is 3.92. The molecule has 3 heterocycles. The number of nitrogens with zero attached hydrogens (tertiary/aromatic N) is 4. The van der Waals surface area contributed by atoms with E-state index < -0.39 is 0 Å². The van der Waals surface area contributed by atoms with Gasteiger partial charge in [-0.15, -0.1) is 0 Å². The number of hydrogen-bond donors (Lipinski definition) is 0. The van der Waals surface area contributed by atoms with Crippen LogP contribution in [0.3, 0.4) is 0 Å². The summed E-state index contributed by atoms with van der Waals surface area (Å²) in [7, 11) is 0. The topological polar surface area (TPSA) is 43.2 Å². The Morgan fingerprint density at radius 1 is 0.862 bits per heavy atom. The highest BCUT2D eigenvalue weighted by Crippen LogP contribution is 2.30. The van der Waals surface area contributed by atoms with Crippen LogP contribution >= 0.6 is 0 Å². The molecule has 2 aromatic heterocycles. The van der Waals surface area contributed by atoms with Crippen molar-refractivity contribution < 1.29 is 4.74 Å². The van der Waals surface area contributed by atoms with Crippen LogP contribution in [0, 0.1) is 0 Å². The fourth-order valence-electron chi connectivity index (χ4n) is 3.90. The van der Waals surface area contributed by atoms with Gasteiger partial charge in [-0.2, -0.15) is 5.10 Å². The highest BCUT2D eigenvalue weighted by Gasteiger charge is 2.11. The summed E-state index contributed by atoms with van der Waals surface area (Å²) in [4.78, 5) is 6.86. The van der Waals surface area contributed by atoms with Crippen molar-refractivity contribution in [3.63, 3.8) is 0 Å². The molecule has 0 N–H and O–H groups in total. The molecule has 146 valence electrons. The summed E-state index contributed by atoms with van der Waals surface area (Å²) >= 11 is 0. The molecule has 0 radical (unpaired) electrons. The highest BCUT2D eigenvalue weighted by atomic mass is 16.5. The molecule has 5 heteroatoms. The van der Waals surface area contributed by atoms with Gasteiger partial charge in [-0.1, -0.05) is 42.5 Å². The van der Waals surface area contributed by atoms with E-state index in [0.717, 1.165) is 67.2 Å². The normalized spacial score (nSPS) is 15.0. The van der Waals surface area contributed by atoms with Gasteiger partial charge in [-0.3, -0.25) is 14.6 Å². The van der Waals surface area contributed by atoms with E-state index >= 15 is 0 Å². The van der Waals surface area contributed by atoms with E-state index in [9.17, 15) is 0 Å². The van der Waals surface area contributed by atoms with Gasteiger partial charge in [0.2, 0.25) is 0 Å². The second-order valence-corrected chi connectivity index (χ2v) is 7.41. The lowest BCUT2D eigenvalue weighted by Gasteiger charge is -2.26. The highest BCUT2D eigenvalue weighted by molar-refractivity contribution is 5.96. The summed E-state index contributed by atoms with van der Waals surface area (Å²) in [5.41, 5.74) is 4.44. The van der Waals surface area contributed by atoms with Gasteiger partial charge in [-0.05, 0) is 23.1 Å². The van der Waals surface area contributed by atoms with Gasteiger partial charge in [0.15, 0.2) is 0 Å². The number of fused-ring (bicyclic) bond motifs is 1. The molecule has 0 spiro atoms. The Bertz CT molecular complexity index is 1110.